The molecule has 2 aromatic rings. The molecule has 1 amide bonds. The number of fused-ring (bicyclic) bond motifs is 1. The summed E-state index contributed by atoms with van der Waals surface area (Å²) in [6.45, 7) is 3.80. The number of aryl methyl sites for hydroxylation is 2. The molecule has 0 fully saturated rings. The number of thiophene rings is 1. The largest absolute Gasteiger partial charge is 0.435 e. The van der Waals surface area contributed by atoms with Gasteiger partial charge >= 0.3 is 0 Å². The Hall–Kier alpha value is -1.71. The van der Waals surface area contributed by atoms with Crippen molar-refractivity contribution in [3.8, 4) is 0 Å². The molecule has 3 rings (SSSR count). The van der Waals surface area contributed by atoms with Crippen LogP contribution in [0.3, 0.4) is 0 Å². The van der Waals surface area contributed by atoms with Crippen LogP contribution in [0.5, 0.6) is 0 Å². The van der Waals surface area contributed by atoms with Gasteiger partial charge in [-0.15, -0.1) is 11.3 Å². The van der Waals surface area contributed by atoms with E-state index in [0.29, 0.717) is 22.9 Å². The fraction of sp³-hybridized carbons (Fsp3) is 0.429. The zero-order chi connectivity index (χ0) is 16.8. The Labute approximate surface area is 138 Å². The summed E-state index contributed by atoms with van der Waals surface area (Å²) >= 11 is 1.32. The van der Waals surface area contributed by atoms with Gasteiger partial charge in [-0.25, -0.2) is 13.4 Å². The minimum Gasteiger partial charge on any atom is -0.435 e. The van der Waals surface area contributed by atoms with E-state index in [2.05, 4.69) is 10.3 Å². The average Bonchev–Trinajstić information content (AvgIpc) is 3.11. The zero-order valence-electron chi connectivity index (χ0n) is 13.0. The smallest absolute Gasteiger partial charge is 0.289 e. The lowest BCUT2D eigenvalue weighted by Crippen LogP contribution is -2.42. The molecule has 0 spiro atoms. The van der Waals surface area contributed by atoms with E-state index in [9.17, 15) is 13.2 Å². The molecule has 0 aliphatic carbocycles. The molecule has 1 aliphatic heterocycles. The number of amides is 1. The van der Waals surface area contributed by atoms with E-state index in [1.165, 1.54) is 22.7 Å². The predicted octanol–water partition coefficient (Wildman–Crippen LogP) is 1.71. The van der Waals surface area contributed by atoms with Crippen molar-refractivity contribution < 1.29 is 17.6 Å². The van der Waals surface area contributed by atoms with E-state index in [1.54, 1.807) is 18.4 Å². The van der Waals surface area contributed by atoms with Crippen LogP contribution in [-0.4, -0.2) is 37.2 Å². The van der Waals surface area contributed by atoms with Gasteiger partial charge in [0.05, 0.1) is 16.6 Å². The van der Waals surface area contributed by atoms with Crippen molar-refractivity contribution in [3.63, 3.8) is 0 Å². The Morgan fingerprint density at radius 2 is 2.30 bits per heavy atom. The van der Waals surface area contributed by atoms with E-state index in [-0.39, 0.29) is 23.1 Å². The highest BCUT2D eigenvalue weighted by molar-refractivity contribution is 7.89. The summed E-state index contributed by atoms with van der Waals surface area (Å²) in [6, 6.07) is 1.17. The van der Waals surface area contributed by atoms with Gasteiger partial charge in [0.25, 0.3) is 5.91 Å². The molecule has 1 N–H and O–H groups in total. The standard InChI is InChI=1S/C14H17N3O4S2/c1-4-11-15-8(2)12(21-11)14(18)16-9-7-17(3)23(19,20)10-5-6-22-13(9)10/h5-6,9H,4,7H2,1-3H3,(H,16,18)/t9-/m1/s1. The van der Waals surface area contributed by atoms with Gasteiger partial charge in [0, 0.05) is 24.9 Å². The van der Waals surface area contributed by atoms with Crippen LogP contribution in [0.15, 0.2) is 20.8 Å². The average molecular weight is 355 g/mol. The minimum absolute atomic E-state index is 0.177. The Morgan fingerprint density at radius 3 is 2.96 bits per heavy atom. The first-order chi connectivity index (χ1) is 10.8. The molecule has 9 heteroatoms. The van der Waals surface area contributed by atoms with Gasteiger partial charge in [0.1, 0.15) is 0 Å². The fourth-order valence-electron chi connectivity index (χ4n) is 2.53. The molecule has 2 aromatic heterocycles. The van der Waals surface area contributed by atoms with E-state index in [0.717, 1.165) is 0 Å². The maximum absolute atomic E-state index is 12.5. The molecular formula is C14H17N3O4S2. The first kappa shape index (κ1) is 16.2. The quantitative estimate of drug-likeness (QED) is 0.905. The lowest BCUT2D eigenvalue weighted by Gasteiger charge is -2.29. The highest BCUT2D eigenvalue weighted by Gasteiger charge is 2.37. The Balaban J connectivity index is 1.89. The van der Waals surface area contributed by atoms with Crippen LogP contribution in [0, 0.1) is 6.92 Å². The number of carbonyl (C=O) groups is 1. The van der Waals surface area contributed by atoms with Crippen LogP contribution in [0.4, 0.5) is 0 Å². The number of aromatic nitrogens is 1. The molecule has 124 valence electrons. The van der Waals surface area contributed by atoms with Gasteiger partial charge < -0.3 is 9.73 Å². The van der Waals surface area contributed by atoms with Crippen molar-refractivity contribution in [2.45, 2.75) is 31.2 Å². The molecule has 0 aromatic carbocycles. The number of rotatable bonds is 3. The normalized spacial score (nSPS) is 20.2. The maximum Gasteiger partial charge on any atom is 0.289 e. The number of hydrogen-bond acceptors (Lipinski definition) is 6. The van der Waals surface area contributed by atoms with E-state index in [4.69, 9.17) is 4.42 Å². The van der Waals surface area contributed by atoms with E-state index >= 15 is 0 Å². The van der Waals surface area contributed by atoms with Crippen molar-refractivity contribution in [2.24, 2.45) is 0 Å². The van der Waals surface area contributed by atoms with Crippen molar-refractivity contribution in [3.05, 3.63) is 33.7 Å². The predicted molar refractivity (Wildman–Crippen MR) is 85.0 cm³/mol. The van der Waals surface area contributed by atoms with Crippen LogP contribution in [0.1, 0.15) is 40.0 Å². The molecule has 7 nitrogen and oxygen atoms in total. The number of carbonyl (C=O) groups excluding carboxylic acids is 1. The molecule has 0 bridgehead atoms. The zero-order valence-corrected chi connectivity index (χ0v) is 14.6. The Kier molecular flexibility index (Phi) is 4.03. The van der Waals surface area contributed by atoms with Gasteiger partial charge in [0.2, 0.25) is 15.8 Å². The van der Waals surface area contributed by atoms with Crippen LogP contribution in [-0.2, 0) is 16.4 Å². The summed E-state index contributed by atoms with van der Waals surface area (Å²) in [6.07, 6.45) is 0.605. The van der Waals surface area contributed by atoms with Crippen LogP contribution in [0.2, 0.25) is 0 Å². The molecule has 23 heavy (non-hydrogen) atoms. The number of nitrogens with zero attached hydrogens (tertiary/aromatic N) is 2. The SMILES string of the molecule is CCc1nc(C)c(C(=O)N[C@@H]2CN(C)S(=O)(=O)c3ccsc32)o1. The number of nitrogens with one attached hydrogen (secondary N) is 1. The molecule has 0 saturated carbocycles. The first-order valence-corrected chi connectivity index (χ1v) is 9.47. The second kappa shape index (κ2) is 5.73. The lowest BCUT2D eigenvalue weighted by atomic mass is 10.2. The number of hydrogen-bond donors (Lipinski definition) is 1. The third-order valence-electron chi connectivity index (χ3n) is 3.76. The Bertz CT molecular complexity index is 853. The second-order valence-corrected chi connectivity index (χ2v) is 8.30. The summed E-state index contributed by atoms with van der Waals surface area (Å²) in [4.78, 5) is 17.5. The van der Waals surface area contributed by atoms with Crippen LogP contribution >= 0.6 is 11.3 Å². The summed E-state index contributed by atoms with van der Waals surface area (Å²) in [5.41, 5.74) is 0.530. The number of likely N-dealkylation sites (N-methyl/N-ethyl adjacent to an activating group) is 1. The molecule has 3 heterocycles. The third-order valence-corrected chi connectivity index (χ3v) is 6.80. The van der Waals surface area contributed by atoms with Gasteiger partial charge in [-0.2, -0.15) is 4.31 Å². The maximum atomic E-state index is 12.5. The van der Waals surface area contributed by atoms with Gasteiger partial charge in [-0.05, 0) is 18.4 Å². The summed E-state index contributed by atoms with van der Waals surface area (Å²) in [5.74, 6) is 0.301. The minimum atomic E-state index is -3.46. The molecule has 0 radical (unpaired) electrons. The van der Waals surface area contributed by atoms with Gasteiger partial charge in [0.15, 0.2) is 5.89 Å². The third kappa shape index (κ3) is 2.68. The Morgan fingerprint density at radius 1 is 1.57 bits per heavy atom. The fourth-order valence-corrected chi connectivity index (χ4v) is 5.23. The monoisotopic (exact) mass is 355 g/mol. The lowest BCUT2D eigenvalue weighted by molar-refractivity contribution is 0.0901. The highest BCUT2D eigenvalue weighted by Crippen LogP contribution is 2.35. The summed E-state index contributed by atoms with van der Waals surface area (Å²) < 4.78 is 31.2. The first-order valence-electron chi connectivity index (χ1n) is 7.15. The van der Waals surface area contributed by atoms with Crippen molar-refractivity contribution in [2.75, 3.05) is 13.6 Å². The van der Waals surface area contributed by atoms with Crippen LogP contribution < -0.4 is 5.32 Å². The van der Waals surface area contributed by atoms with Gasteiger partial charge in [-0.3, -0.25) is 4.79 Å². The number of sulfonamides is 1. The van der Waals surface area contributed by atoms with E-state index < -0.39 is 16.1 Å². The van der Waals surface area contributed by atoms with Crippen molar-refractivity contribution in [1.29, 1.82) is 0 Å². The summed E-state index contributed by atoms with van der Waals surface area (Å²) in [5, 5.41) is 4.57. The van der Waals surface area contributed by atoms with Crippen LogP contribution in [0.25, 0.3) is 0 Å². The molecule has 0 saturated heterocycles. The van der Waals surface area contributed by atoms with Crippen molar-refractivity contribution >= 4 is 27.3 Å². The van der Waals surface area contributed by atoms with Gasteiger partial charge in [-0.1, -0.05) is 6.92 Å². The second-order valence-electron chi connectivity index (χ2n) is 5.34. The molecule has 0 unspecified atom stereocenters. The number of oxazole rings is 1. The van der Waals surface area contributed by atoms with E-state index in [1.807, 2.05) is 6.92 Å². The molecular weight excluding hydrogens is 338 g/mol. The highest BCUT2D eigenvalue weighted by atomic mass is 32.2. The van der Waals surface area contributed by atoms with Crippen molar-refractivity contribution in [1.82, 2.24) is 14.6 Å². The summed E-state index contributed by atoms with van der Waals surface area (Å²) in [7, 11) is -1.96. The topological polar surface area (TPSA) is 92.5 Å². The molecule has 1 aliphatic rings. The molecule has 1 atom stereocenters.